The number of carbonyl (C=O) groups is 1. The van der Waals surface area contributed by atoms with Crippen molar-refractivity contribution in [2.75, 3.05) is 0 Å². The van der Waals surface area contributed by atoms with Gasteiger partial charge in [-0.05, 0) is 12.1 Å². The van der Waals surface area contributed by atoms with Crippen LogP contribution in [0.5, 0.6) is 0 Å². The molecule has 0 saturated carbocycles. The van der Waals surface area contributed by atoms with Gasteiger partial charge in [-0.25, -0.2) is 14.8 Å². The number of aromatic nitrogens is 2. The minimum absolute atomic E-state index is 0.0534. The van der Waals surface area contributed by atoms with Crippen molar-refractivity contribution in [2.45, 2.75) is 10.8 Å². The summed E-state index contributed by atoms with van der Waals surface area (Å²) in [5.74, 6) is 0.415. The third-order valence-electron chi connectivity index (χ3n) is 1.79. The van der Waals surface area contributed by atoms with E-state index in [9.17, 15) is 4.79 Å². The summed E-state index contributed by atoms with van der Waals surface area (Å²) in [6.45, 7) is 0. The van der Waals surface area contributed by atoms with E-state index in [0.717, 1.165) is 5.76 Å². The molecule has 0 aromatic carbocycles. The first-order chi connectivity index (χ1) is 7.75. The second kappa shape index (κ2) is 4.80. The standard InChI is InChI=1S/C10H8N2O3S/c13-10(14)8-4-12-9(5-11-8)16-6-7-2-1-3-15-7/h1-5H,6H2,(H,13,14). The van der Waals surface area contributed by atoms with Crippen molar-refractivity contribution >= 4 is 17.7 Å². The molecule has 16 heavy (non-hydrogen) atoms. The first-order valence-corrected chi connectivity index (χ1v) is 5.45. The fourth-order valence-corrected chi connectivity index (χ4v) is 1.75. The van der Waals surface area contributed by atoms with Crippen LogP contribution in [0.2, 0.25) is 0 Å². The van der Waals surface area contributed by atoms with Gasteiger partial charge >= 0.3 is 5.97 Å². The summed E-state index contributed by atoms with van der Waals surface area (Å²) in [4.78, 5) is 18.3. The van der Waals surface area contributed by atoms with Crippen LogP contribution in [0, 0.1) is 0 Å². The lowest BCUT2D eigenvalue weighted by Gasteiger charge is -1.98. The maximum absolute atomic E-state index is 10.5. The average molecular weight is 236 g/mol. The molecule has 0 fully saturated rings. The molecule has 2 rings (SSSR count). The number of hydrogen-bond acceptors (Lipinski definition) is 5. The Morgan fingerprint density at radius 1 is 1.44 bits per heavy atom. The van der Waals surface area contributed by atoms with E-state index in [1.54, 1.807) is 6.26 Å². The fraction of sp³-hybridized carbons (Fsp3) is 0.100. The van der Waals surface area contributed by atoms with Crippen LogP contribution in [0.15, 0.2) is 40.2 Å². The van der Waals surface area contributed by atoms with E-state index in [0.29, 0.717) is 10.8 Å². The Morgan fingerprint density at radius 2 is 2.31 bits per heavy atom. The van der Waals surface area contributed by atoms with Gasteiger partial charge < -0.3 is 9.52 Å². The molecule has 0 radical (unpaired) electrons. The van der Waals surface area contributed by atoms with Crippen LogP contribution in [-0.2, 0) is 5.75 Å². The van der Waals surface area contributed by atoms with Crippen LogP contribution in [-0.4, -0.2) is 21.0 Å². The van der Waals surface area contributed by atoms with Gasteiger partial charge in [-0.3, -0.25) is 0 Å². The zero-order chi connectivity index (χ0) is 11.4. The van der Waals surface area contributed by atoms with Crippen LogP contribution in [0.3, 0.4) is 0 Å². The van der Waals surface area contributed by atoms with Gasteiger partial charge in [0.1, 0.15) is 10.8 Å². The summed E-state index contributed by atoms with van der Waals surface area (Å²) in [5.41, 5.74) is -0.0534. The first kappa shape index (κ1) is 10.7. The molecule has 1 N–H and O–H groups in total. The minimum Gasteiger partial charge on any atom is -0.476 e. The minimum atomic E-state index is -1.07. The van der Waals surface area contributed by atoms with Crippen molar-refractivity contribution in [3.63, 3.8) is 0 Å². The van der Waals surface area contributed by atoms with Crippen molar-refractivity contribution in [1.29, 1.82) is 0 Å². The number of aromatic carboxylic acids is 1. The predicted octanol–water partition coefficient (Wildman–Crippen LogP) is 2.06. The smallest absolute Gasteiger partial charge is 0.356 e. The van der Waals surface area contributed by atoms with Gasteiger partial charge in [-0.1, -0.05) is 11.8 Å². The van der Waals surface area contributed by atoms with Crippen molar-refractivity contribution in [2.24, 2.45) is 0 Å². The Kier molecular flexibility index (Phi) is 3.21. The molecule has 82 valence electrons. The molecular formula is C10H8N2O3S. The van der Waals surface area contributed by atoms with Gasteiger partial charge in [-0.15, -0.1) is 0 Å². The van der Waals surface area contributed by atoms with E-state index < -0.39 is 5.97 Å². The molecule has 2 aromatic heterocycles. The Bertz CT molecular complexity index is 467. The summed E-state index contributed by atoms with van der Waals surface area (Å²) in [7, 11) is 0. The highest BCUT2D eigenvalue weighted by molar-refractivity contribution is 7.98. The summed E-state index contributed by atoms with van der Waals surface area (Å²) < 4.78 is 5.15. The van der Waals surface area contributed by atoms with E-state index in [4.69, 9.17) is 9.52 Å². The van der Waals surface area contributed by atoms with Crippen LogP contribution in [0.1, 0.15) is 16.2 Å². The quantitative estimate of drug-likeness (QED) is 0.819. The molecule has 6 heteroatoms. The van der Waals surface area contributed by atoms with Gasteiger partial charge in [0.2, 0.25) is 0 Å². The zero-order valence-corrected chi connectivity index (χ0v) is 8.98. The van der Waals surface area contributed by atoms with Crippen molar-refractivity contribution in [3.05, 3.63) is 42.2 Å². The van der Waals surface area contributed by atoms with Gasteiger partial charge in [0.15, 0.2) is 5.69 Å². The summed E-state index contributed by atoms with van der Waals surface area (Å²) in [6.07, 6.45) is 4.29. The van der Waals surface area contributed by atoms with Crippen molar-refractivity contribution < 1.29 is 14.3 Å². The number of nitrogens with zero attached hydrogens (tertiary/aromatic N) is 2. The Labute approximate surface area is 95.5 Å². The number of carboxylic acid groups (broad SMARTS) is 1. The molecule has 0 atom stereocenters. The van der Waals surface area contributed by atoms with Gasteiger partial charge in [0.05, 0.1) is 24.4 Å². The monoisotopic (exact) mass is 236 g/mol. The van der Waals surface area contributed by atoms with Crippen LogP contribution in [0.4, 0.5) is 0 Å². The van der Waals surface area contributed by atoms with E-state index in [-0.39, 0.29) is 5.69 Å². The summed E-state index contributed by atoms with van der Waals surface area (Å²) in [6, 6.07) is 3.68. The highest BCUT2D eigenvalue weighted by Crippen LogP contribution is 2.19. The average Bonchev–Trinajstić information content (AvgIpc) is 2.80. The van der Waals surface area contributed by atoms with E-state index in [1.165, 1.54) is 24.2 Å². The Morgan fingerprint density at radius 3 is 2.88 bits per heavy atom. The Balaban J connectivity index is 1.98. The molecule has 0 amide bonds. The lowest BCUT2D eigenvalue weighted by Crippen LogP contribution is -2.00. The van der Waals surface area contributed by atoms with Crippen LogP contribution in [0.25, 0.3) is 0 Å². The molecule has 2 aromatic rings. The fourth-order valence-electron chi connectivity index (χ4n) is 1.04. The molecule has 2 heterocycles. The first-order valence-electron chi connectivity index (χ1n) is 4.46. The van der Waals surface area contributed by atoms with Gasteiger partial charge in [-0.2, -0.15) is 0 Å². The molecule has 0 aliphatic rings. The molecular weight excluding hydrogens is 228 g/mol. The van der Waals surface area contributed by atoms with E-state index >= 15 is 0 Å². The summed E-state index contributed by atoms with van der Waals surface area (Å²) >= 11 is 1.44. The summed E-state index contributed by atoms with van der Waals surface area (Å²) in [5, 5.41) is 9.30. The largest absolute Gasteiger partial charge is 0.476 e. The molecule has 0 saturated heterocycles. The van der Waals surface area contributed by atoms with Crippen LogP contribution < -0.4 is 0 Å². The molecule has 0 bridgehead atoms. The molecule has 0 unspecified atom stereocenters. The van der Waals surface area contributed by atoms with Crippen LogP contribution >= 0.6 is 11.8 Å². The van der Waals surface area contributed by atoms with Gasteiger partial charge in [0, 0.05) is 0 Å². The third-order valence-corrected chi connectivity index (χ3v) is 2.73. The number of hydrogen-bond donors (Lipinski definition) is 1. The molecule has 0 aliphatic carbocycles. The zero-order valence-electron chi connectivity index (χ0n) is 8.16. The lowest BCUT2D eigenvalue weighted by molar-refractivity contribution is 0.0689. The normalized spacial score (nSPS) is 10.2. The predicted molar refractivity (Wildman–Crippen MR) is 57.3 cm³/mol. The second-order valence-corrected chi connectivity index (χ2v) is 3.91. The van der Waals surface area contributed by atoms with E-state index in [2.05, 4.69) is 9.97 Å². The van der Waals surface area contributed by atoms with E-state index in [1.807, 2.05) is 12.1 Å². The molecule has 5 nitrogen and oxygen atoms in total. The SMILES string of the molecule is O=C(O)c1cnc(SCc2ccco2)cn1. The topological polar surface area (TPSA) is 76.2 Å². The van der Waals surface area contributed by atoms with Crippen molar-refractivity contribution in [3.8, 4) is 0 Å². The van der Waals surface area contributed by atoms with Crippen molar-refractivity contribution in [1.82, 2.24) is 9.97 Å². The number of rotatable bonds is 4. The molecule has 0 spiro atoms. The third kappa shape index (κ3) is 2.60. The highest BCUT2D eigenvalue weighted by atomic mass is 32.2. The second-order valence-electron chi connectivity index (χ2n) is 2.91. The highest BCUT2D eigenvalue weighted by Gasteiger charge is 2.05. The lowest BCUT2D eigenvalue weighted by atomic mass is 10.5. The Hall–Kier alpha value is -1.82. The maximum Gasteiger partial charge on any atom is 0.356 e. The van der Waals surface area contributed by atoms with Gasteiger partial charge in [0.25, 0.3) is 0 Å². The number of furan rings is 1. The number of carboxylic acids is 1. The maximum atomic E-state index is 10.5. The molecule has 0 aliphatic heterocycles. The number of thioether (sulfide) groups is 1.